The fourth-order valence-electron chi connectivity index (χ4n) is 2.79. The van der Waals surface area contributed by atoms with Crippen LogP contribution in [-0.4, -0.2) is 23.6 Å². The van der Waals surface area contributed by atoms with E-state index in [-0.39, 0.29) is 23.6 Å². The van der Waals surface area contributed by atoms with Gasteiger partial charge in [0.1, 0.15) is 0 Å². The van der Waals surface area contributed by atoms with Gasteiger partial charge in [-0.1, -0.05) is 32.1 Å². The van der Waals surface area contributed by atoms with Gasteiger partial charge >= 0.3 is 0 Å². The summed E-state index contributed by atoms with van der Waals surface area (Å²) in [6.45, 7) is 0. The zero-order chi connectivity index (χ0) is 16.7. The minimum absolute atomic E-state index is 0.251. The molecular weight excluding hydrogens is 296 g/mol. The highest BCUT2D eigenvalue weighted by molar-refractivity contribution is 6.16. The van der Waals surface area contributed by atoms with Crippen LogP contribution in [0.3, 0.4) is 0 Å². The summed E-state index contributed by atoms with van der Waals surface area (Å²) in [5.74, 6) is -1.12. The lowest BCUT2D eigenvalue weighted by atomic mass is 10.0. The maximum absolute atomic E-state index is 11.3. The van der Waals surface area contributed by atoms with E-state index in [1.54, 1.807) is 0 Å². The molecule has 2 rings (SSSR count). The van der Waals surface area contributed by atoms with E-state index in [4.69, 9.17) is 0 Å². The largest absolute Gasteiger partial charge is 0.289 e. The lowest BCUT2D eigenvalue weighted by Crippen LogP contribution is -2.22. The van der Waals surface area contributed by atoms with Gasteiger partial charge in [0.05, 0.1) is 0 Å². The minimum Gasteiger partial charge on any atom is -0.289 e. The summed E-state index contributed by atoms with van der Waals surface area (Å²) in [7, 11) is 0. The molecule has 2 aliphatic heterocycles. The Bertz CT molecular complexity index is 525. The summed E-state index contributed by atoms with van der Waals surface area (Å²) in [5, 5.41) is 4.49. The zero-order valence-electron chi connectivity index (χ0n) is 13.2. The molecule has 0 aromatic heterocycles. The molecule has 2 N–H and O–H groups in total. The summed E-state index contributed by atoms with van der Waals surface area (Å²) in [5.41, 5.74) is 1.18. The average Bonchev–Trinajstić information content (AvgIpc) is 2.98. The lowest BCUT2D eigenvalue weighted by molar-refractivity contribution is -0.125. The summed E-state index contributed by atoms with van der Waals surface area (Å²) in [4.78, 5) is 44.6. The Morgan fingerprint density at radius 3 is 1.22 bits per heavy atom. The molecule has 0 aromatic rings. The molecule has 0 aliphatic carbocycles. The summed E-state index contributed by atoms with van der Waals surface area (Å²) in [6, 6.07) is 0. The smallest absolute Gasteiger partial charge is 0.254 e. The Hall–Kier alpha value is -2.24. The SMILES string of the molecule is O=C1C=C(CCCCCCCCCC2=CC(=O)NC2=O)C(=O)N1. The van der Waals surface area contributed by atoms with Crippen molar-refractivity contribution < 1.29 is 19.2 Å². The van der Waals surface area contributed by atoms with Crippen molar-refractivity contribution in [2.45, 2.75) is 57.8 Å². The third-order valence-corrected chi connectivity index (χ3v) is 4.06. The first-order valence-corrected chi connectivity index (χ1v) is 8.18. The maximum atomic E-state index is 11.3. The van der Waals surface area contributed by atoms with Gasteiger partial charge in [0.15, 0.2) is 0 Å². The molecule has 0 bridgehead atoms. The monoisotopic (exact) mass is 318 g/mol. The standard InChI is InChI=1S/C17H22N2O4/c20-14-10-12(16(22)18-14)8-6-4-2-1-3-5-7-9-13-11-15(21)19-17(13)23/h10-11H,1-9H2,(H,18,20,22)(H,19,21,23). The number of carbonyl (C=O) groups excluding carboxylic acids is 4. The predicted octanol–water partition coefficient (Wildman–Crippen LogP) is 1.66. The fourth-order valence-corrected chi connectivity index (χ4v) is 2.79. The first kappa shape index (κ1) is 17.1. The van der Waals surface area contributed by atoms with Gasteiger partial charge in [-0.3, -0.25) is 29.8 Å². The van der Waals surface area contributed by atoms with Gasteiger partial charge in [0.25, 0.3) is 23.6 Å². The molecule has 0 atom stereocenters. The van der Waals surface area contributed by atoms with E-state index in [2.05, 4.69) is 10.6 Å². The van der Waals surface area contributed by atoms with Crippen LogP contribution in [0.2, 0.25) is 0 Å². The van der Waals surface area contributed by atoms with Crippen LogP contribution in [0, 0.1) is 0 Å². The van der Waals surface area contributed by atoms with Gasteiger partial charge in [0.2, 0.25) is 0 Å². The minimum atomic E-state index is -0.308. The third kappa shape index (κ3) is 5.47. The molecule has 23 heavy (non-hydrogen) atoms. The topological polar surface area (TPSA) is 92.3 Å². The van der Waals surface area contributed by atoms with E-state index in [1.807, 2.05) is 0 Å². The van der Waals surface area contributed by atoms with E-state index in [9.17, 15) is 19.2 Å². The molecular formula is C17H22N2O4. The summed E-state index contributed by atoms with van der Waals surface area (Å²) < 4.78 is 0. The average molecular weight is 318 g/mol. The molecule has 0 saturated heterocycles. The quantitative estimate of drug-likeness (QED) is 0.473. The number of hydrogen-bond donors (Lipinski definition) is 2. The third-order valence-electron chi connectivity index (χ3n) is 4.06. The van der Waals surface area contributed by atoms with Crippen molar-refractivity contribution in [3.63, 3.8) is 0 Å². The number of hydrogen-bond acceptors (Lipinski definition) is 4. The van der Waals surface area contributed by atoms with Crippen molar-refractivity contribution in [3.05, 3.63) is 23.3 Å². The van der Waals surface area contributed by atoms with Gasteiger partial charge in [-0.15, -0.1) is 0 Å². The molecule has 0 fully saturated rings. The second-order valence-corrected chi connectivity index (χ2v) is 5.95. The van der Waals surface area contributed by atoms with E-state index < -0.39 is 0 Å². The van der Waals surface area contributed by atoms with Gasteiger partial charge in [-0.05, 0) is 25.7 Å². The van der Waals surface area contributed by atoms with E-state index in [0.717, 1.165) is 44.9 Å². The van der Waals surface area contributed by atoms with Crippen LogP contribution >= 0.6 is 0 Å². The van der Waals surface area contributed by atoms with E-state index in [0.29, 0.717) is 24.0 Å². The Morgan fingerprint density at radius 1 is 0.565 bits per heavy atom. The van der Waals surface area contributed by atoms with Gasteiger partial charge in [-0.25, -0.2) is 0 Å². The van der Waals surface area contributed by atoms with Crippen molar-refractivity contribution >= 4 is 23.6 Å². The van der Waals surface area contributed by atoms with Crippen molar-refractivity contribution in [1.29, 1.82) is 0 Å². The number of carbonyl (C=O) groups is 4. The van der Waals surface area contributed by atoms with Crippen LogP contribution in [0.5, 0.6) is 0 Å². The Labute approximate surface area is 135 Å². The molecule has 0 unspecified atom stereocenters. The van der Waals surface area contributed by atoms with E-state index >= 15 is 0 Å². The molecule has 4 amide bonds. The fraction of sp³-hybridized carbons (Fsp3) is 0.529. The van der Waals surface area contributed by atoms with Gasteiger partial charge in [0, 0.05) is 23.3 Å². The maximum Gasteiger partial charge on any atom is 0.254 e. The highest BCUT2D eigenvalue weighted by Crippen LogP contribution is 2.16. The Morgan fingerprint density at radius 2 is 0.913 bits per heavy atom. The van der Waals surface area contributed by atoms with Crippen LogP contribution < -0.4 is 10.6 Å². The van der Waals surface area contributed by atoms with Crippen molar-refractivity contribution in [1.82, 2.24) is 10.6 Å². The highest BCUT2D eigenvalue weighted by Gasteiger charge is 2.20. The Kier molecular flexibility index (Phi) is 6.26. The van der Waals surface area contributed by atoms with Gasteiger partial charge < -0.3 is 0 Å². The van der Waals surface area contributed by atoms with Crippen LogP contribution in [0.15, 0.2) is 23.3 Å². The molecule has 0 radical (unpaired) electrons. The summed E-state index contributed by atoms with van der Waals surface area (Å²) in [6.07, 6.45) is 11.3. The van der Waals surface area contributed by atoms with Crippen molar-refractivity contribution in [2.75, 3.05) is 0 Å². The number of rotatable bonds is 10. The first-order valence-electron chi connectivity index (χ1n) is 8.18. The summed E-state index contributed by atoms with van der Waals surface area (Å²) >= 11 is 0. The highest BCUT2D eigenvalue weighted by atomic mass is 16.2. The number of nitrogens with one attached hydrogen (secondary N) is 2. The molecule has 2 aliphatic rings. The second-order valence-electron chi connectivity index (χ2n) is 5.95. The molecule has 124 valence electrons. The molecule has 0 spiro atoms. The van der Waals surface area contributed by atoms with Crippen LogP contribution in [0.25, 0.3) is 0 Å². The van der Waals surface area contributed by atoms with Crippen LogP contribution in [0.1, 0.15) is 57.8 Å². The normalized spacial score (nSPS) is 17.2. The molecule has 2 heterocycles. The molecule has 0 saturated carbocycles. The first-order chi connectivity index (χ1) is 11.1. The number of imide groups is 2. The van der Waals surface area contributed by atoms with Crippen molar-refractivity contribution in [3.8, 4) is 0 Å². The Balaban J connectivity index is 1.44. The predicted molar refractivity (Wildman–Crippen MR) is 84.0 cm³/mol. The van der Waals surface area contributed by atoms with E-state index in [1.165, 1.54) is 12.2 Å². The zero-order valence-corrected chi connectivity index (χ0v) is 13.2. The number of amides is 4. The lowest BCUT2D eigenvalue weighted by Gasteiger charge is -2.03. The molecule has 6 nitrogen and oxygen atoms in total. The second kappa shape index (κ2) is 8.41. The molecule has 0 aromatic carbocycles. The van der Waals surface area contributed by atoms with Gasteiger partial charge in [-0.2, -0.15) is 0 Å². The van der Waals surface area contributed by atoms with Crippen LogP contribution in [0.4, 0.5) is 0 Å². The number of unbranched alkanes of at least 4 members (excludes halogenated alkanes) is 6. The van der Waals surface area contributed by atoms with Crippen molar-refractivity contribution in [2.24, 2.45) is 0 Å². The molecule has 6 heteroatoms. The van der Waals surface area contributed by atoms with Crippen LogP contribution in [-0.2, 0) is 19.2 Å².